The first-order valence-corrected chi connectivity index (χ1v) is 23.7. The molecule has 5 heteroatoms. The van der Waals surface area contributed by atoms with E-state index in [1.165, 1.54) is 16.3 Å². The second kappa shape index (κ2) is 18.4. The number of anilines is 6. The molecule has 0 bridgehead atoms. The summed E-state index contributed by atoms with van der Waals surface area (Å²) in [4.78, 5) is 14.7. The smallest absolute Gasteiger partial charge is 0.160 e. The molecule has 12 rings (SSSR count). The van der Waals surface area contributed by atoms with Crippen molar-refractivity contribution >= 4 is 55.9 Å². The highest BCUT2D eigenvalue weighted by molar-refractivity contribution is 6.12. The first-order valence-electron chi connectivity index (χ1n) is 23.7. The molecule has 10 aromatic carbocycles. The van der Waals surface area contributed by atoms with Gasteiger partial charge in [-0.3, -0.25) is 0 Å². The van der Waals surface area contributed by atoms with Gasteiger partial charge in [0.2, 0.25) is 0 Å². The predicted octanol–water partition coefficient (Wildman–Crippen LogP) is 17.5. The van der Waals surface area contributed by atoms with Gasteiger partial charge in [0.1, 0.15) is 0 Å². The van der Waals surface area contributed by atoms with Crippen LogP contribution in [0, 0.1) is 6.92 Å². The van der Waals surface area contributed by atoms with Crippen LogP contribution in [0.5, 0.6) is 0 Å². The summed E-state index contributed by atoms with van der Waals surface area (Å²) in [6, 6.07) is 94.7. The van der Waals surface area contributed by atoms with Crippen LogP contribution in [-0.4, -0.2) is 14.5 Å². The van der Waals surface area contributed by atoms with Crippen LogP contribution < -0.4 is 9.80 Å². The zero-order valence-electron chi connectivity index (χ0n) is 38.6. The number of hydrogen-bond acceptors (Lipinski definition) is 4. The lowest BCUT2D eigenvalue weighted by Gasteiger charge is -2.26. The summed E-state index contributed by atoms with van der Waals surface area (Å²) in [6.07, 6.45) is 0. The highest BCUT2D eigenvalue weighted by atomic mass is 15.1. The fraction of sp³-hybridized carbons (Fsp3) is 0.0154. The van der Waals surface area contributed by atoms with Gasteiger partial charge in [-0.15, -0.1) is 0 Å². The number of nitrogens with zero attached hydrogens (tertiary/aromatic N) is 5. The molecule has 0 saturated carbocycles. The summed E-state index contributed by atoms with van der Waals surface area (Å²) in [7, 11) is 0. The van der Waals surface area contributed by atoms with E-state index in [-0.39, 0.29) is 0 Å². The lowest BCUT2D eigenvalue weighted by Crippen LogP contribution is -2.09. The van der Waals surface area contributed by atoms with Gasteiger partial charge in [-0.05, 0) is 121 Å². The van der Waals surface area contributed by atoms with Crippen molar-refractivity contribution in [1.29, 1.82) is 0 Å². The summed E-state index contributed by atoms with van der Waals surface area (Å²) in [5.74, 6) is 0.707. The van der Waals surface area contributed by atoms with Gasteiger partial charge >= 0.3 is 0 Å². The molecule has 0 spiro atoms. The van der Waals surface area contributed by atoms with Crippen molar-refractivity contribution in [1.82, 2.24) is 14.5 Å². The molecule has 0 radical (unpaired) electrons. The van der Waals surface area contributed by atoms with E-state index in [0.29, 0.717) is 5.82 Å². The number of para-hydroxylation sites is 3. The minimum atomic E-state index is 0.707. The van der Waals surface area contributed by atoms with E-state index < -0.39 is 0 Å². The molecular formula is C65H47N5. The van der Waals surface area contributed by atoms with E-state index in [0.717, 1.165) is 90.1 Å². The number of benzene rings is 10. The largest absolute Gasteiger partial charge is 0.310 e. The Morgan fingerprint density at radius 3 is 1.11 bits per heavy atom. The maximum atomic E-state index is 5.07. The first-order chi connectivity index (χ1) is 34.6. The quantitative estimate of drug-likeness (QED) is 0.130. The van der Waals surface area contributed by atoms with Crippen molar-refractivity contribution in [3.63, 3.8) is 0 Å². The molecule has 70 heavy (non-hydrogen) atoms. The Morgan fingerprint density at radius 2 is 0.657 bits per heavy atom. The van der Waals surface area contributed by atoms with E-state index in [4.69, 9.17) is 9.97 Å². The molecule has 0 amide bonds. The van der Waals surface area contributed by atoms with Gasteiger partial charge in [0.05, 0.1) is 22.4 Å². The van der Waals surface area contributed by atoms with Crippen LogP contribution in [0.15, 0.2) is 267 Å². The third-order valence-electron chi connectivity index (χ3n) is 13.1. The summed E-state index contributed by atoms with van der Waals surface area (Å²) in [5.41, 5.74) is 18.3. The Kier molecular flexibility index (Phi) is 11.1. The van der Waals surface area contributed by atoms with Gasteiger partial charge < -0.3 is 14.4 Å². The van der Waals surface area contributed by atoms with E-state index in [1.54, 1.807) is 0 Å². The summed E-state index contributed by atoms with van der Waals surface area (Å²) in [5, 5.41) is 2.33. The molecule has 0 saturated heterocycles. The van der Waals surface area contributed by atoms with Crippen LogP contribution in [0.4, 0.5) is 34.1 Å². The van der Waals surface area contributed by atoms with Crippen molar-refractivity contribution in [3.8, 4) is 50.7 Å². The second-order valence-electron chi connectivity index (χ2n) is 17.6. The third kappa shape index (κ3) is 8.16. The SMILES string of the molecule is Cc1ccc(N(c2ccccc2)c2ccc3c(c2)c2cc(N(c4ccccc4)c4ccccc4)ccc2n3-c2ccc(-c3ccc(-c4cc(-c5ccccc5)nc(-c5ccccc5)n4)cc3)cc2)cc1. The molecule has 0 aliphatic heterocycles. The topological polar surface area (TPSA) is 37.2 Å². The fourth-order valence-corrected chi connectivity index (χ4v) is 9.58. The molecule has 0 unspecified atom stereocenters. The lowest BCUT2D eigenvalue weighted by atomic mass is 10.0. The number of fused-ring (bicyclic) bond motifs is 3. The normalized spacial score (nSPS) is 11.2. The molecule has 0 N–H and O–H groups in total. The van der Waals surface area contributed by atoms with Crippen molar-refractivity contribution < 1.29 is 0 Å². The molecule has 2 aromatic heterocycles. The Bertz CT molecular complexity index is 3630. The number of rotatable bonds is 11. The van der Waals surface area contributed by atoms with Crippen LogP contribution >= 0.6 is 0 Å². The van der Waals surface area contributed by atoms with Gasteiger partial charge in [-0.2, -0.15) is 0 Å². The Labute approximate surface area is 408 Å². The monoisotopic (exact) mass is 897 g/mol. The lowest BCUT2D eigenvalue weighted by molar-refractivity contribution is 1.18. The summed E-state index contributed by atoms with van der Waals surface area (Å²) < 4.78 is 2.41. The predicted molar refractivity (Wildman–Crippen MR) is 292 cm³/mol. The molecule has 0 fully saturated rings. The molecule has 2 heterocycles. The maximum absolute atomic E-state index is 5.07. The minimum Gasteiger partial charge on any atom is -0.310 e. The van der Waals surface area contributed by atoms with Crippen molar-refractivity contribution in [2.24, 2.45) is 0 Å². The summed E-state index contributed by atoms with van der Waals surface area (Å²) in [6.45, 7) is 2.13. The number of hydrogen-bond donors (Lipinski definition) is 0. The zero-order chi connectivity index (χ0) is 46.8. The average Bonchev–Trinajstić information content (AvgIpc) is 3.76. The fourth-order valence-electron chi connectivity index (χ4n) is 9.58. The molecule has 332 valence electrons. The number of aromatic nitrogens is 3. The molecule has 0 atom stereocenters. The average molecular weight is 898 g/mol. The standard InChI is InChI=1S/C65H47N5/c1-46-27-35-55(36-28-46)69(54-25-15-6-16-26-54)58-40-42-64-60(44-58)59-43-57(68(52-21-11-4-12-22-52)53-23-13-5-14-24-53)39-41-63(59)70(64)56-37-33-48(34-38-56)47-29-31-50(32-30-47)62-45-61(49-17-7-2-8-18-49)66-65(67-62)51-19-9-3-10-20-51/h2-45H,1H3. The molecule has 5 nitrogen and oxygen atoms in total. The van der Waals surface area contributed by atoms with E-state index in [9.17, 15) is 0 Å². The highest BCUT2D eigenvalue weighted by Crippen LogP contribution is 2.43. The first kappa shape index (κ1) is 42.1. The minimum absolute atomic E-state index is 0.707. The Morgan fingerprint density at radius 1 is 0.300 bits per heavy atom. The second-order valence-corrected chi connectivity index (χ2v) is 17.6. The van der Waals surface area contributed by atoms with Crippen LogP contribution in [0.25, 0.3) is 72.5 Å². The van der Waals surface area contributed by atoms with Gasteiger partial charge in [-0.1, -0.05) is 169 Å². The van der Waals surface area contributed by atoms with Crippen LogP contribution in [0.1, 0.15) is 5.56 Å². The van der Waals surface area contributed by atoms with Crippen LogP contribution in [0.2, 0.25) is 0 Å². The van der Waals surface area contributed by atoms with Crippen molar-refractivity contribution in [2.45, 2.75) is 6.92 Å². The zero-order valence-corrected chi connectivity index (χ0v) is 38.6. The highest BCUT2D eigenvalue weighted by Gasteiger charge is 2.20. The van der Waals surface area contributed by atoms with Gasteiger partial charge in [0, 0.05) is 67.3 Å². The molecular weight excluding hydrogens is 851 g/mol. The van der Waals surface area contributed by atoms with Gasteiger partial charge in [0.15, 0.2) is 5.82 Å². The number of aryl methyl sites for hydroxylation is 1. The van der Waals surface area contributed by atoms with Crippen molar-refractivity contribution in [2.75, 3.05) is 9.80 Å². The Hall–Kier alpha value is -9.32. The van der Waals surface area contributed by atoms with Gasteiger partial charge in [-0.25, -0.2) is 9.97 Å². The van der Waals surface area contributed by atoms with E-state index in [1.807, 2.05) is 36.4 Å². The van der Waals surface area contributed by atoms with E-state index in [2.05, 4.69) is 252 Å². The molecule has 0 aliphatic carbocycles. The maximum Gasteiger partial charge on any atom is 0.160 e. The third-order valence-corrected chi connectivity index (χ3v) is 13.1. The summed E-state index contributed by atoms with van der Waals surface area (Å²) >= 11 is 0. The van der Waals surface area contributed by atoms with E-state index >= 15 is 0 Å². The van der Waals surface area contributed by atoms with Crippen LogP contribution in [0.3, 0.4) is 0 Å². The van der Waals surface area contributed by atoms with Crippen molar-refractivity contribution in [3.05, 3.63) is 272 Å². The molecule has 12 aromatic rings. The van der Waals surface area contributed by atoms with Crippen LogP contribution in [-0.2, 0) is 0 Å². The Balaban J connectivity index is 0.956. The molecule has 0 aliphatic rings. The van der Waals surface area contributed by atoms with Gasteiger partial charge in [0.25, 0.3) is 0 Å².